The molecule has 84 valence electrons. The second-order valence-electron chi connectivity index (χ2n) is 2.50. The number of ether oxygens (including phenoxy) is 1. The SMILES string of the molecule is CCOC(=O)C(=NO)c1cc(N=[N+]=[N-])[nH]n1. The van der Waals surface area contributed by atoms with Gasteiger partial charge in [0.25, 0.3) is 0 Å². The predicted octanol–water partition coefficient (Wildman–Crippen LogP) is 1.09. The molecule has 1 heterocycles. The van der Waals surface area contributed by atoms with Gasteiger partial charge in [-0.05, 0) is 23.6 Å². The summed E-state index contributed by atoms with van der Waals surface area (Å²) in [6.45, 7) is 1.76. The Hall–Kier alpha value is -2.54. The maximum absolute atomic E-state index is 11.3. The van der Waals surface area contributed by atoms with Crippen LogP contribution in [-0.4, -0.2) is 33.7 Å². The van der Waals surface area contributed by atoms with E-state index in [1.807, 2.05) is 0 Å². The molecule has 0 spiro atoms. The van der Waals surface area contributed by atoms with Crippen LogP contribution in [0.25, 0.3) is 10.4 Å². The number of aromatic amines is 1. The second-order valence-corrected chi connectivity index (χ2v) is 2.50. The highest BCUT2D eigenvalue weighted by Gasteiger charge is 2.19. The molecule has 0 amide bonds. The Bertz CT molecular complexity index is 458. The minimum Gasteiger partial charge on any atom is -0.461 e. The van der Waals surface area contributed by atoms with Gasteiger partial charge in [0, 0.05) is 4.91 Å². The Morgan fingerprint density at radius 2 is 2.56 bits per heavy atom. The van der Waals surface area contributed by atoms with Gasteiger partial charge in [0.1, 0.15) is 11.5 Å². The second kappa shape index (κ2) is 5.37. The number of oxime groups is 1. The molecule has 0 fully saturated rings. The summed E-state index contributed by atoms with van der Waals surface area (Å²) in [5.41, 5.74) is 7.82. The summed E-state index contributed by atoms with van der Waals surface area (Å²) in [6.07, 6.45) is 0. The number of nitrogens with one attached hydrogen (secondary N) is 1. The summed E-state index contributed by atoms with van der Waals surface area (Å²) in [4.78, 5) is 13.8. The van der Waals surface area contributed by atoms with Crippen LogP contribution in [0.1, 0.15) is 12.6 Å². The molecule has 1 aromatic rings. The van der Waals surface area contributed by atoms with Crippen LogP contribution >= 0.6 is 0 Å². The van der Waals surface area contributed by atoms with E-state index in [0.29, 0.717) is 0 Å². The van der Waals surface area contributed by atoms with Crippen LogP contribution in [0.5, 0.6) is 0 Å². The number of azide groups is 1. The number of H-pyrrole nitrogens is 1. The van der Waals surface area contributed by atoms with E-state index in [0.717, 1.165) is 0 Å². The lowest BCUT2D eigenvalue weighted by atomic mass is 10.3. The Kier molecular flexibility index (Phi) is 3.87. The molecular weight excluding hydrogens is 216 g/mol. The molecule has 0 unspecified atom stereocenters. The van der Waals surface area contributed by atoms with Crippen LogP contribution in [0.15, 0.2) is 16.3 Å². The quantitative estimate of drug-likeness (QED) is 0.150. The molecule has 9 heteroatoms. The molecule has 0 aromatic carbocycles. The number of carbonyl (C=O) groups is 1. The zero-order valence-electron chi connectivity index (χ0n) is 8.28. The number of hydrogen-bond acceptors (Lipinski definition) is 6. The summed E-state index contributed by atoms with van der Waals surface area (Å²) in [7, 11) is 0. The Morgan fingerprint density at radius 1 is 1.81 bits per heavy atom. The fourth-order valence-corrected chi connectivity index (χ4v) is 0.928. The lowest BCUT2D eigenvalue weighted by molar-refractivity contribution is -0.135. The zero-order chi connectivity index (χ0) is 12.0. The van der Waals surface area contributed by atoms with Crippen molar-refractivity contribution in [2.45, 2.75) is 6.92 Å². The highest BCUT2D eigenvalue weighted by atomic mass is 16.5. The van der Waals surface area contributed by atoms with E-state index in [1.165, 1.54) is 6.07 Å². The van der Waals surface area contributed by atoms with Crippen LogP contribution < -0.4 is 0 Å². The van der Waals surface area contributed by atoms with Crippen LogP contribution in [-0.2, 0) is 9.53 Å². The maximum Gasteiger partial charge on any atom is 0.362 e. The molecule has 0 aliphatic heterocycles. The molecule has 0 atom stereocenters. The molecule has 0 aliphatic rings. The molecular formula is C7H8N6O3. The highest BCUT2D eigenvalue weighted by Crippen LogP contribution is 2.10. The van der Waals surface area contributed by atoms with Crippen LogP contribution in [0.4, 0.5) is 5.82 Å². The monoisotopic (exact) mass is 224 g/mol. The number of carbonyl (C=O) groups excluding carboxylic acids is 1. The third kappa shape index (κ3) is 2.49. The molecule has 0 bridgehead atoms. The van der Waals surface area contributed by atoms with Crippen molar-refractivity contribution in [1.82, 2.24) is 10.2 Å². The molecule has 0 radical (unpaired) electrons. The van der Waals surface area contributed by atoms with Crippen molar-refractivity contribution < 1.29 is 14.7 Å². The zero-order valence-corrected chi connectivity index (χ0v) is 8.28. The molecule has 0 saturated heterocycles. The average molecular weight is 224 g/mol. The van der Waals surface area contributed by atoms with Gasteiger partial charge in [0.15, 0.2) is 0 Å². The third-order valence-electron chi connectivity index (χ3n) is 1.53. The Morgan fingerprint density at radius 3 is 3.12 bits per heavy atom. The number of hydrogen-bond donors (Lipinski definition) is 2. The summed E-state index contributed by atoms with van der Waals surface area (Å²) < 4.78 is 4.63. The van der Waals surface area contributed by atoms with Gasteiger partial charge in [0.2, 0.25) is 5.71 Å². The lowest BCUT2D eigenvalue weighted by Crippen LogP contribution is -2.19. The minimum atomic E-state index is -0.816. The third-order valence-corrected chi connectivity index (χ3v) is 1.53. The number of rotatable bonds is 4. The fraction of sp³-hybridized carbons (Fsp3) is 0.286. The molecule has 1 aromatic heterocycles. The minimum absolute atomic E-state index is 0.0309. The van der Waals surface area contributed by atoms with Gasteiger partial charge in [-0.25, -0.2) is 4.79 Å². The highest BCUT2D eigenvalue weighted by molar-refractivity contribution is 6.42. The molecule has 2 N–H and O–H groups in total. The summed E-state index contributed by atoms with van der Waals surface area (Å²) >= 11 is 0. The van der Waals surface area contributed by atoms with Crippen LogP contribution in [0, 0.1) is 0 Å². The van der Waals surface area contributed by atoms with Crippen molar-refractivity contribution in [3.05, 3.63) is 22.2 Å². The summed E-state index contributed by atoms with van der Waals surface area (Å²) in [5.74, 6) is -0.716. The van der Waals surface area contributed by atoms with Crippen molar-refractivity contribution in [3.8, 4) is 0 Å². The van der Waals surface area contributed by atoms with Gasteiger partial charge in [-0.1, -0.05) is 5.16 Å². The van der Waals surface area contributed by atoms with Gasteiger partial charge in [-0.3, -0.25) is 5.10 Å². The van der Waals surface area contributed by atoms with Crippen LogP contribution in [0.2, 0.25) is 0 Å². The van der Waals surface area contributed by atoms with Crippen molar-refractivity contribution in [2.24, 2.45) is 10.3 Å². The Balaban J connectivity index is 2.96. The van der Waals surface area contributed by atoms with E-state index < -0.39 is 5.97 Å². The van der Waals surface area contributed by atoms with Crippen molar-refractivity contribution >= 4 is 17.5 Å². The largest absolute Gasteiger partial charge is 0.461 e. The molecule has 1 rings (SSSR count). The molecule has 9 nitrogen and oxygen atoms in total. The van der Waals surface area contributed by atoms with Gasteiger partial charge >= 0.3 is 5.97 Å². The summed E-state index contributed by atoms with van der Waals surface area (Å²) in [5, 5.41) is 20.6. The molecule has 0 saturated carbocycles. The van der Waals surface area contributed by atoms with E-state index >= 15 is 0 Å². The first-order valence-electron chi connectivity index (χ1n) is 4.23. The van der Waals surface area contributed by atoms with E-state index in [4.69, 9.17) is 10.7 Å². The number of nitrogens with zero attached hydrogens (tertiary/aromatic N) is 5. The van der Waals surface area contributed by atoms with Crippen molar-refractivity contribution in [2.75, 3.05) is 6.61 Å². The van der Waals surface area contributed by atoms with Crippen LogP contribution in [0.3, 0.4) is 0 Å². The van der Waals surface area contributed by atoms with E-state index in [2.05, 4.69) is 30.1 Å². The Labute approximate surface area is 89.3 Å². The first-order chi connectivity index (χ1) is 7.72. The first-order valence-corrected chi connectivity index (χ1v) is 4.23. The first kappa shape index (κ1) is 11.5. The number of aromatic nitrogens is 2. The van der Waals surface area contributed by atoms with E-state index in [9.17, 15) is 4.79 Å². The molecule has 16 heavy (non-hydrogen) atoms. The lowest BCUT2D eigenvalue weighted by Gasteiger charge is -1.99. The van der Waals surface area contributed by atoms with Gasteiger partial charge in [0.05, 0.1) is 6.61 Å². The molecule has 0 aliphatic carbocycles. The normalized spacial score (nSPS) is 10.7. The fourth-order valence-electron chi connectivity index (χ4n) is 0.928. The van der Waals surface area contributed by atoms with E-state index in [-0.39, 0.29) is 23.8 Å². The average Bonchev–Trinajstić information content (AvgIpc) is 2.68. The van der Waals surface area contributed by atoms with E-state index in [1.54, 1.807) is 6.92 Å². The van der Waals surface area contributed by atoms with Gasteiger partial charge in [-0.15, -0.1) is 0 Å². The standard InChI is InChI=1S/C7H8N6O3/c1-2-16-7(14)6(12-15)4-3-5(10-9-4)11-13-8/h3,15H,2H2,1H3,(H,9,10). The number of esters is 1. The van der Waals surface area contributed by atoms with Crippen molar-refractivity contribution in [1.29, 1.82) is 0 Å². The van der Waals surface area contributed by atoms with Crippen molar-refractivity contribution in [3.63, 3.8) is 0 Å². The smallest absolute Gasteiger partial charge is 0.362 e. The summed E-state index contributed by atoms with van der Waals surface area (Å²) in [6, 6.07) is 1.26. The predicted molar refractivity (Wildman–Crippen MR) is 52.4 cm³/mol. The maximum atomic E-state index is 11.3. The topological polar surface area (TPSA) is 136 Å². The van der Waals surface area contributed by atoms with Gasteiger partial charge in [-0.2, -0.15) is 5.10 Å². The van der Waals surface area contributed by atoms with Gasteiger partial charge < -0.3 is 9.94 Å².